The first-order chi connectivity index (χ1) is 2.41. The summed E-state index contributed by atoms with van der Waals surface area (Å²) in [5.74, 6) is 0. The van der Waals surface area contributed by atoms with E-state index in [-0.39, 0.29) is 32.7 Å². The predicted octanol–water partition coefficient (Wildman–Crippen LogP) is 0.504. The maximum atomic E-state index is 6.13. The van der Waals surface area contributed by atoms with Crippen molar-refractivity contribution in [3.8, 4) is 0 Å². The largest absolute Gasteiger partial charge is 0.675 e. The normalized spacial score (nSPS) is 5.50. The molecule has 0 heterocycles. The van der Waals surface area contributed by atoms with E-state index in [9.17, 15) is 0 Å². The summed E-state index contributed by atoms with van der Waals surface area (Å²) in [5.41, 5.74) is 0. The van der Waals surface area contributed by atoms with Crippen molar-refractivity contribution in [2.75, 3.05) is 6.61 Å². The van der Waals surface area contributed by atoms with Crippen LogP contribution in [-0.2, 0) is 37.4 Å². The molecule has 0 unspecified atom stereocenters. The van der Waals surface area contributed by atoms with Crippen LogP contribution in [0.5, 0.6) is 0 Å². The molecular formula is C3H6NOY-. The van der Waals surface area contributed by atoms with E-state index in [0.717, 1.165) is 0 Å². The van der Waals surface area contributed by atoms with Gasteiger partial charge in [-0.1, -0.05) is 0 Å². The van der Waals surface area contributed by atoms with Gasteiger partial charge in [-0.15, -0.1) is 0 Å². The molecule has 0 aromatic carbocycles. The quantitative estimate of drug-likeness (QED) is 0.357. The third-order valence-electron chi connectivity index (χ3n) is 0.217. The minimum absolute atomic E-state index is 0. The van der Waals surface area contributed by atoms with E-state index in [4.69, 9.17) is 5.41 Å². The molecule has 1 radical (unpaired) electrons. The van der Waals surface area contributed by atoms with Gasteiger partial charge in [0.1, 0.15) is 0 Å². The van der Waals surface area contributed by atoms with Crippen molar-refractivity contribution in [2.24, 2.45) is 0 Å². The monoisotopic (exact) mass is 161 g/mol. The molecule has 0 atom stereocenters. The Labute approximate surface area is 62.7 Å². The zero-order valence-electron chi connectivity index (χ0n) is 3.69. The van der Waals surface area contributed by atoms with Crippen LogP contribution in [-0.4, -0.2) is 13.0 Å². The topological polar surface area (TPSA) is 33.1 Å². The van der Waals surface area contributed by atoms with Crippen LogP contribution in [0.2, 0.25) is 0 Å². The fourth-order valence-corrected chi connectivity index (χ4v) is 0.0722. The Morgan fingerprint density at radius 3 is 2.33 bits per heavy atom. The van der Waals surface area contributed by atoms with Crippen molar-refractivity contribution < 1.29 is 37.4 Å². The van der Waals surface area contributed by atoms with Gasteiger partial charge in [-0.3, -0.25) is 0 Å². The third-order valence-corrected chi connectivity index (χ3v) is 0.217. The molecule has 0 aliphatic rings. The van der Waals surface area contributed by atoms with E-state index < -0.39 is 0 Å². The van der Waals surface area contributed by atoms with Crippen molar-refractivity contribution in [3.05, 3.63) is 0 Å². The summed E-state index contributed by atoms with van der Waals surface area (Å²) in [4.78, 5) is 0. The molecule has 33 valence electrons. The van der Waals surface area contributed by atoms with Gasteiger partial charge in [0.05, 0.1) is 0 Å². The molecular weight excluding hydrogens is 155 g/mol. The molecule has 0 spiro atoms. The zero-order chi connectivity index (χ0) is 4.12. The van der Waals surface area contributed by atoms with Crippen LogP contribution >= 0.6 is 0 Å². The van der Waals surface area contributed by atoms with Crippen LogP contribution < -0.4 is 0 Å². The van der Waals surface area contributed by atoms with Gasteiger partial charge >= 0.3 is 0 Å². The summed E-state index contributed by atoms with van der Waals surface area (Å²) in [5, 5.41) is 6.13. The van der Waals surface area contributed by atoms with Crippen molar-refractivity contribution in [3.63, 3.8) is 0 Å². The fourth-order valence-electron chi connectivity index (χ4n) is 0.0722. The van der Waals surface area contributed by atoms with E-state index in [1.165, 1.54) is 0 Å². The summed E-state index contributed by atoms with van der Waals surface area (Å²) >= 11 is 0. The second-order valence-corrected chi connectivity index (χ2v) is 0.535. The molecule has 0 saturated carbocycles. The van der Waals surface area contributed by atoms with Gasteiger partial charge in [-0.2, -0.15) is 0 Å². The Morgan fingerprint density at radius 2 is 2.33 bits per heavy atom. The Bertz CT molecular complexity index is 32.0. The molecule has 0 bridgehead atoms. The summed E-state index contributed by atoms with van der Waals surface area (Å²) in [6, 6.07) is 0. The molecule has 0 saturated heterocycles. The molecule has 0 amide bonds. The van der Waals surface area contributed by atoms with Crippen molar-refractivity contribution >= 4 is 6.40 Å². The first-order valence-electron chi connectivity index (χ1n) is 1.45. The molecule has 0 rings (SSSR count). The van der Waals surface area contributed by atoms with Crippen LogP contribution in [0.25, 0.3) is 0 Å². The minimum Gasteiger partial charge on any atom is -0.675 e. The van der Waals surface area contributed by atoms with Crippen LogP contribution in [0.4, 0.5) is 0 Å². The summed E-state index contributed by atoms with van der Waals surface area (Å²) in [6.07, 6.45) is 1.77. The summed E-state index contributed by atoms with van der Waals surface area (Å²) in [6.45, 7) is 2.35. The zero-order valence-corrected chi connectivity index (χ0v) is 6.53. The van der Waals surface area contributed by atoms with Crippen LogP contribution in [0.15, 0.2) is 0 Å². The summed E-state index contributed by atoms with van der Waals surface area (Å²) in [7, 11) is 0. The SMILES string of the molecule is CCO[C-]=N.[Y]. The van der Waals surface area contributed by atoms with Gasteiger partial charge in [0.15, 0.2) is 0 Å². The second-order valence-electron chi connectivity index (χ2n) is 0.535. The van der Waals surface area contributed by atoms with E-state index >= 15 is 0 Å². The van der Waals surface area contributed by atoms with Crippen molar-refractivity contribution in [1.82, 2.24) is 0 Å². The summed E-state index contributed by atoms with van der Waals surface area (Å²) < 4.78 is 4.25. The van der Waals surface area contributed by atoms with Crippen LogP contribution in [0, 0.1) is 5.41 Å². The van der Waals surface area contributed by atoms with Gasteiger partial charge in [-0.05, 0) is 6.92 Å². The number of rotatable bonds is 2. The molecule has 3 heteroatoms. The molecule has 0 aromatic rings. The van der Waals surface area contributed by atoms with Gasteiger partial charge in [0.25, 0.3) is 0 Å². The molecule has 0 fully saturated rings. The standard InChI is InChI=1S/C3H6NO.Y/c1-2-5-3-4;/h4H,2H2,1H3;/q-1;. The minimum atomic E-state index is 0. The van der Waals surface area contributed by atoms with E-state index in [2.05, 4.69) is 4.74 Å². The van der Waals surface area contributed by atoms with Crippen LogP contribution in [0.3, 0.4) is 0 Å². The maximum absolute atomic E-state index is 6.13. The average molecular weight is 161 g/mol. The number of ether oxygens (including phenoxy) is 1. The number of hydrogen-bond acceptors (Lipinski definition) is 2. The van der Waals surface area contributed by atoms with Gasteiger partial charge in [0, 0.05) is 39.3 Å². The predicted molar refractivity (Wildman–Crippen MR) is 19.4 cm³/mol. The second kappa shape index (κ2) is 9.13. The van der Waals surface area contributed by atoms with E-state index in [0.29, 0.717) is 6.61 Å². The number of hydrogen-bond donors (Lipinski definition) is 1. The Kier molecular flexibility index (Phi) is 14.9. The first-order valence-corrected chi connectivity index (χ1v) is 1.45. The average Bonchev–Trinajstić information content (AvgIpc) is 1.41. The molecule has 0 aromatic heterocycles. The molecule has 0 aliphatic carbocycles. The maximum Gasteiger partial charge on any atom is 0.0436 e. The van der Waals surface area contributed by atoms with Crippen molar-refractivity contribution in [2.45, 2.75) is 6.92 Å². The number of nitrogens with one attached hydrogen (secondary N) is 1. The molecule has 2 nitrogen and oxygen atoms in total. The Balaban J connectivity index is 0. The van der Waals surface area contributed by atoms with Crippen molar-refractivity contribution in [1.29, 1.82) is 5.41 Å². The van der Waals surface area contributed by atoms with Gasteiger partial charge in [0.2, 0.25) is 0 Å². The smallest absolute Gasteiger partial charge is 0.0436 e. The molecule has 1 N–H and O–H groups in total. The molecule has 6 heavy (non-hydrogen) atoms. The fraction of sp³-hybridized carbons (Fsp3) is 0.667. The Morgan fingerprint density at radius 1 is 1.83 bits per heavy atom. The first kappa shape index (κ1) is 9.76. The molecule has 0 aliphatic heterocycles. The van der Waals surface area contributed by atoms with Gasteiger partial charge < -0.3 is 10.1 Å². The van der Waals surface area contributed by atoms with E-state index in [1.54, 1.807) is 6.40 Å². The third kappa shape index (κ3) is 8.82. The Hall–Kier alpha value is 0.574. The van der Waals surface area contributed by atoms with E-state index in [1.807, 2.05) is 6.92 Å². The van der Waals surface area contributed by atoms with Gasteiger partial charge in [-0.25, -0.2) is 6.40 Å². The van der Waals surface area contributed by atoms with Crippen LogP contribution in [0.1, 0.15) is 6.92 Å².